The van der Waals surface area contributed by atoms with Gasteiger partial charge in [-0.15, -0.1) is 0 Å². The summed E-state index contributed by atoms with van der Waals surface area (Å²) in [6.07, 6.45) is 0. The van der Waals surface area contributed by atoms with Gasteiger partial charge in [-0.2, -0.15) is 0 Å². The van der Waals surface area contributed by atoms with Gasteiger partial charge in [0, 0.05) is 17.4 Å². The number of furan rings is 1. The van der Waals surface area contributed by atoms with Crippen molar-refractivity contribution >= 4 is 37.8 Å². The maximum atomic E-state index is 11.6. The van der Waals surface area contributed by atoms with Gasteiger partial charge in [0.2, 0.25) is 0 Å². The van der Waals surface area contributed by atoms with Crippen LogP contribution in [-0.4, -0.2) is 17.3 Å². The average molecular weight is 325 g/mol. The van der Waals surface area contributed by atoms with Gasteiger partial charge < -0.3 is 9.73 Å². The van der Waals surface area contributed by atoms with Gasteiger partial charge in [0.1, 0.15) is 5.76 Å². The maximum Gasteiger partial charge on any atom is 0.254 e. The van der Waals surface area contributed by atoms with Crippen molar-refractivity contribution in [1.82, 2.24) is 5.32 Å². The lowest BCUT2D eigenvalue weighted by molar-refractivity contribution is 0.0953. The Bertz CT molecular complexity index is 334. The number of carbonyl (C=O) groups excluding carboxylic acids is 1. The summed E-state index contributed by atoms with van der Waals surface area (Å²) in [7, 11) is 0. The lowest BCUT2D eigenvalue weighted by atomic mass is 10.2. The first-order valence-electron chi connectivity index (χ1n) is 4.19. The van der Waals surface area contributed by atoms with Crippen LogP contribution in [0.15, 0.2) is 15.2 Å². The third-order valence-electron chi connectivity index (χ3n) is 1.68. The SMILES string of the molecule is Cc1oc(Br)cc1C(=O)NCC(C)Br. The topological polar surface area (TPSA) is 42.2 Å². The van der Waals surface area contributed by atoms with Crippen LogP contribution in [-0.2, 0) is 0 Å². The van der Waals surface area contributed by atoms with Crippen molar-refractivity contribution < 1.29 is 9.21 Å². The van der Waals surface area contributed by atoms with Crippen molar-refractivity contribution in [1.29, 1.82) is 0 Å². The summed E-state index contributed by atoms with van der Waals surface area (Å²) in [5.41, 5.74) is 0.574. The van der Waals surface area contributed by atoms with Gasteiger partial charge >= 0.3 is 0 Å². The monoisotopic (exact) mass is 323 g/mol. The third kappa shape index (κ3) is 3.13. The molecular formula is C9H11Br2NO2. The fourth-order valence-electron chi connectivity index (χ4n) is 1.000. The number of carbonyl (C=O) groups is 1. The predicted octanol–water partition coefficient (Wildman–Crippen LogP) is 2.86. The molecule has 0 aliphatic heterocycles. The Morgan fingerprint density at radius 3 is 2.79 bits per heavy atom. The van der Waals surface area contributed by atoms with Gasteiger partial charge in [-0.25, -0.2) is 0 Å². The minimum absolute atomic E-state index is 0.108. The first kappa shape index (κ1) is 11.8. The predicted molar refractivity (Wildman–Crippen MR) is 61.9 cm³/mol. The van der Waals surface area contributed by atoms with Gasteiger partial charge in [0.15, 0.2) is 4.67 Å². The molecule has 0 fully saturated rings. The van der Waals surface area contributed by atoms with Crippen LogP contribution in [0, 0.1) is 6.92 Å². The lowest BCUT2D eigenvalue weighted by Crippen LogP contribution is -2.28. The number of hydrogen-bond acceptors (Lipinski definition) is 2. The largest absolute Gasteiger partial charge is 0.454 e. The zero-order chi connectivity index (χ0) is 10.7. The van der Waals surface area contributed by atoms with Crippen molar-refractivity contribution in [2.45, 2.75) is 18.7 Å². The van der Waals surface area contributed by atoms with E-state index in [2.05, 4.69) is 37.2 Å². The average Bonchev–Trinajstić information content (AvgIpc) is 2.41. The number of aryl methyl sites for hydroxylation is 1. The van der Waals surface area contributed by atoms with E-state index in [1.165, 1.54) is 0 Å². The molecule has 0 aromatic carbocycles. The van der Waals surface area contributed by atoms with Crippen molar-refractivity contribution in [3.63, 3.8) is 0 Å². The van der Waals surface area contributed by atoms with E-state index in [4.69, 9.17) is 4.42 Å². The van der Waals surface area contributed by atoms with Crippen LogP contribution in [0.4, 0.5) is 0 Å². The van der Waals surface area contributed by atoms with E-state index < -0.39 is 0 Å². The van der Waals surface area contributed by atoms with Crippen LogP contribution in [0.5, 0.6) is 0 Å². The van der Waals surface area contributed by atoms with E-state index in [0.717, 1.165) is 0 Å². The molecule has 1 N–H and O–H groups in total. The second kappa shape index (κ2) is 4.98. The number of halogens is 2. The van der Waals surface area contributed by atoms with E-state index in [1.807, 2.05) is 6.92 Å². The van der Waals surface area contributed by atoms with Crippen LogP contribution >= 0.6 is 31.9 Å². The summed E-state index contributed by atoms with van der Waals surface area (Å²) in [6.45, 7) is 4.33. The Balaban J connectivity index is 2.65. The highest BCUT2D eigenvalue weighted by Gasteiger charge is 2.13. The van der Waals surface area contributed by atoms with Crippen LogP contribution in [0.2, 0.25) is 0 Å². The summed E-state index contributed by atoms with van der Waals surface area (Å²) in [6, 6.07) is 1.67. The Morgan fingerprint density at radius 2 is 2.36 bits per heavy atom. The molecular weight excluding hydrogens is 314 g/mol. The molecule has 14 heavy (non-hydrogen) atoms. The quantitative estimate of drug-likeness (QED) is 0.869. The molecule has 1 heterocycles. The summed E-state index contributed by atoms with van der Waals surface area (Å²) >= 11 is 6.53. The molecule has 78 valence electrons. The van der Waals surface area contributed by atoms with E-state index in [-0.39, 0.29) is 10.7 Å². The van der Waals surface area contributed by atoms with Crippen LogP contribution in [0.1, 0.15) is 23.0 Å². The fraction of sp³-hybridized carbons (Fsp3) is 0.444. The van der Waals surface area contributed by atoms with Crippen molar-refractivity contribution in [2.24, 2.45) is 0 Å². The molecule has 0 bridgehead atoms. The Morgan fingerprint density at radius 1 is 1.71 bits per heavy atom. The summed E-state index contributed by atoms with van der Waals surface area (Å²) < 4.78 is 5.76. The number of rotatable bonds is 3. The normalized spacial score (nSPS) is 12.6. The van der Waals surface area contributed by atoms with E-state index in [0.29, 0.717) is 22.5 Å². The van der Waals surface area contributed by atoms with Crippen LogP contribution < -0.4 is 5.32 Å². The molecule has 1 aromatic heterocycles. The fourth-order valence-corrected chi connectivity index (χ4v) is 1.63. The van der Waals surface area contributed by atoms with Gasteiger partial charge in [-0.1, -0.05) is 22.9 Å². The molecule has 0 aliphatic carbocycles. The summed E-state index contributed by atoms with van der Waals surface area (Å²) in [5, 5.41) is 2.79. The minimum atomic E-state index is -0.108. The molecule has 0 saturated heterocycles. The molecule has 0 aliphatic rings. The number of nitrogens with one attached hydrogen (secondary N) is 1. The third-order valence-corrected chi connectivity index (χ3v) is 2.39. The number of hydrogen-bond donors (Lipinski definition) is 1. The highest BCUT2D eigenvalue weighted by Crippen LogP contribution is 2.19. The second-order valence-electron chi connectivity index (χ2n) is 3.01. The van der Waals surface area contributed by atoms with Crippen molar-refractivity contribution in [3.05, 3.63) is 22.1 Å². The van der Waals surface area contributed by atoms with Gasteiger partial charge in [0.25, 0.3) is 5.91 Å². The summed E-state index contributed by atoms with van der Waals surface area (Å²) in [5.74, 6) is 0.514. The smallest absolute Gasteiger partial charge is 0.254 e. The van der Waals surface area contributed by atoms with Crippen molar-refractivity contribution in [2.75, 3.05) is 6.54 Å². The molecule has 0 spiro atoms. The highest BCUT2D eigenvalue weighted by molar-refractivity contribution is 9.10. The first-order valence-corrected chi connectivity index (χ1v) is 5.89. The summed E-state index contributed by atoms with van der Waals surface area (Å²) in [4.78, 5) is 11.8. The number of amides is 1. The van der Waals surface area contributed by atoms with Crippen LogP contribution in [0.25, 0.3) is 0 Å². The van der Waals surface area contributed by atoms with Gasteiger partial charge in [-0.3, -0.25) is 4.79 Å². The minimum Gasteiger partial charge on any atom is -0.454 e. The molecule has 1 unspecified atom stereocenters. The molecule has 0 saturated carbocycles. The molecule has 3 nitrogen and oxygen atoms in total. The van der Waals surface area contributed by atoms with Gasteiger partial charge in [-0.05, 0) is 22.9 Å². The standard InChI is InChI=1S/C9H11Br2NO2/c1-5(10)4-12-9(13)7-3-8(11)14-6(7)2/h3,5H,4H2,1-2H3,(H,12,13). The molecule has 1 aromatic rings. The zero-order valence-corrected chi connectivity index (χ0v) is 11.1. The Labute approximate surface area is 99.5 Å². The van der Waals surface area contributed by atoms with Gasteiger partial charge in [0.05, 0.1) is 5.56 Å². The molecule has 1 amide bonds. The van der Waals surface area contributed by atoms with Crippen LogP contribution in [0.3, 0.4) is 0 Å². The van der Waals surface area contributed by atoms with E-state index in [9.17, 15) is 4.79 Å². The Kier molecular flexibility index (Phi) is 4.19. The zero-order valence-electron chi connectivity index (χ0n) is 7.93. The molecule has 0 radical (unpaired) electrons. The maximum absolute atomic E-state index is 11.6. The second-order valence-corrected chi connectivity index (χ2v) is 5.36. The van der Waals surface area contributed by atoms with Crippen molar-refractivity contribution in [3.8, 4) is 0 Å². The van der Waals surface area contributed by atoms with E-state index in [1.54, 1.807) is 13.0 Å². The van der Waals surface area contributed by atoms with E-state index >= 15 is 0 Å². The Hall–Kier alpha value is -0.290. The highest BCUT2D eigenvalue weighted by atomic mass is 79.9. The molecule has 1 atom stereocenters. The lowest BCUT2D eigenvalue weighted by Gasteiger charge is -2.04. The molecule has 5 heteroatoms. The molecule has 1 rings (SSSR count). The number of alkyl halides is 1. The first-order chi connectivity index (χ1) is 6.50.